The van der Waals surface area contributed by atoms with Crippen LogP contribution in [0.25, 0.3) is 0 Å². The molecule has 0 amide bonds. The van der Waals surface area contributed by atoms with Crippen LogP contribution in [0.3, 0.4) is 0 Å². The van der Waals surface area contributed by atoms with Gasteiger partial charge in [0.25, 0.3) is 10.0 Å². The van der Waals surface area contributed by atoms with Crippen molar-refractivity contribution in [2.45, 2.75) is 4.90 Å². The zero-order valence-electron chi connectivity index (χ0n) is 11.9. The minimum Gasteiger partial charge on any atom is -0.486 e. The predicted octanol–water partition coefficient (Wildman–Crippen LogP) is 2.53. The predicted molar refractivity (Wildman–Crippen MR) is 89.5 cm³/mol. The molecule has 2 aromatic carbocycles. The largest absolute Gasteiger partial charge is 0.486 e. The highest BCUT2D eigenvalue weighted by atomic mass is 79.9. The molecule has 6 nitrogen and oxygen atoms in total. The average molecular weight is 397 g/mol. The number of nitrogens with one attached hydrogen (secondary N) is 1. The Morgan fingerprint density at radius 2 is 1.74 bits per heavy atom. The molecule has 0 aromatic heterocycles. The van der Waals surface area contributed by atoms with Crippen LogP contribution < -0.4 is 14.3 Å². The number of benzene rings is 2. The molecule has 0 atom stereocenters. The quantitative estimate of drug-likeness (QED) is 0.636. The Kier molecular flexibility index (Phi) is 4.53. The van der Waals surface area contributed by atoms with E-state index in [1.54, 1.807) is 30.3 Å². The van der Waals surface area contributed by atoms with Crippen LogP contribution in [0.15, 0.2) is 56.9 Å². The van der Waals surface area contributed by atoms with Gasteiger partial charge in [-0.05, 0) is 48.0 Å². The number of rotatable bonds is 4. The lowest BCUT2D eigenvalue weighted by atomic mass is 10.2. The van der Waals surface area contributed by atoms with Gasteiger partial charge in [-0.3, -0.25) is 0 Å². The molecular formula is C15H13BrN2O4S. The average Bonchev–Trinajstić information content (AvgIpc) is 2.55. The van der Waals surface area contributed by atoms with Crippen molar-refractivity contribution < 1.29 is 17.9 Å². The third-order valence-corrected chi connectivity index (χ3v) is 4.84. The Bertz CT molecular complexity index is 835. The third kappa shape index (κ3) is 3.83. The minimum absolute atomic E-state index is 0.139. The van der Waals surface area contributed by atoms with Crippen molar-refractivity contribution in [3.05, 3.63) is 52.5 Å². The zero-order valence-corrected chi connectivity index (χ0v) is 14.3. The zero-order chi connectivity index (χ0) is 16.3. The van der Waals surface area contributed by atoms with E-state index in [9.17, 15) is 8.42 Å². The fourth-order valence-electron chi connectivity index (χ4n) is 1.98. The normalized spacial score (nSPS) is 14.0. The summed E-state index contributed by atoms with van der Waals surface area (Å²) in [5.41, 5.74) is 0.702. The van der Waals surface area contributed by atoms with Gasteiger partial charge in [-0.25, -0.2) is 4.83 Å². The van der Waals surface area contributed by atoms with E-state index in [1.807, 2.05) is 0 Å². The Balaban J connectivity index is 1.72. The molecule has 2 aromatic rings. The van der Waals surface area contributed by atoms with Gasteiger partial charge >= 0.3 is 0 Å². The van der Waals surface area contributed by atoms with Crippen molar-refractivity contribution in [1.29, 1.82) is 0 Å². The molecule has 0 fully saturated rings. The highest BCUT2D eigenvalue weighted by molar-refractivity contribution is 9.10. The lowest BCUT2D eigenvalue weighted by Crippen LogP contribution is -2.18. The fraction of sp³-hybridized carbons (Fsp3) is 0.133. The van der Waals surface area contributed by atoms with Gasteiger partial charge in [-0.1, -0.05) is 15.9 Å². The van der Waals surface area contributed by atoms with E-state index in [1.165, 1.54) is 18.3 Å². The summed E-state index contributed by atoms with van der Waals surface area (Å²) in [5.74, 6) is 1.29. The van der Waals surface area contributed by atoms with E-state index in [0.717, 1.165) is 4.47 Å². The van der Waals surface area contributed by atoms with E-state index in [4.69, 9.17) is 9.47 Å². The van der Waals surface area contributed by atoms with Gasteiger partial charge in [-0.2, -0.15) is 13.5 Å². The number of sulfonamides is 1. The van der Waals surface area contributed by atoms with E-state index in [-0.39, 0.29) is 4.90 Å². The maximum Gasteiger partial charge on any atom is 0.276 e. The second-order valence-electron chi connectivity index (χ2n) is 4.71. The topological polar surface area (TPSA) is 77.0 Å². The van der Waals surface area contributed by atoms with E-state index >= 15 is 0 Å². The third-order valence-electron chi connectivity index (χ3n) is 3.08. The smallest absolute Gasteiger partial charge is 0.276 e. The van der Waals surface area contributed by atoms with Crippen LogP contribution in [0.2, 0.25) is 0 Å². The van der Waals surface area contributed by atoms with Crippen LogP contribution >= 0.6 is 15.9 Å². The maximum absolute atomic E-state index is 12.1. The number of hydrogen-bond donors (Lipinski definition) is 1. The Morgan fingerprint density at radius 3 is 2.48 bits per heavy atom. The molecule has 1 heterocycles. The minimum atomic E-state index is -3.69. The fourth-order valence-corrected chi connectivity index (χ4v) is 3.03. The van der Waals surface area contributed by atoms with Gasteiger partial charge in [0.2, 0.25) is 0 Å². The first-order valence-corrected chi connectivity index (χ1v) is 9.02. The number of hydrazone groups is 1. The molecule has 120 valence electrons. The molecule has 1 aliphatic heterocycles. The summed E-state index contributed by atoms with van der Waals surface area (Å²) in [6.45, 7) is 1.01. The van der Waals surface area contributed by atoms with E-state index in [2.05, 4.69) is 25.9 Å². The number of ether oxygens (including phenoxy) is 2. The first-order chi connectivity index (χ1) is 11.0. The second kappa shape index (κ2) is 6.59. The molecule has 23 heavy (non-hydrogen) atoms. The van der Waals surface area contributed by atoms with Crippen molar-refractivity contribution in [2.24, 2.45) is 5.10 Å². The molecule has 0 radical (unpaired) electrons. The van der Waals surface area contributed by atoms with Gasteiger partial charge in [0.1, 0.15) is 13.2 Å². The van der Waals surface area contributed by atoms with Gasteiger partial charge in [-0.15, -0.1) is 0 Å². The van der Waals surface area contributed by atoms with Crippen molar-refractivity contribution in [3.63, 3.8) is 0 Å². The molecule has 0 spiro atoms. The van der Waals surface area contributed by atoms with Crippen molar-refractivity contribution in [1.82, 2.24) is 4.83 Å². The summed E-state index contributed by atoms with van der Waals surface area (Å²) < 4.78 is 35.8. The molecular weight excluding hydrogens is 384 g/mol. The highest BCUT2D eigenvalue weighted by Gasteiger charge is 2.13. The molecule has 8 heteroatoms. The number of hydrogen-bond acceptors (Lipinski definition) is 5. The molecule has 0 saturated heterocycles. The first kappa shape index (κ1) is 15.8. The molecule has 1 N–H and O–H groups in total. The van der Waals surface area contributed by atoms with Crippen molar-refractivity contribution in [3.8, 4) is 11.5 Å². The highest BCUT2D eigenvalue weighted by Crippen LogP contribution is 2.30. The summed E-state index contributed by atoms with van der Waals surface area (Å²) in [6.07, 6.45) is 1.41. The molecule has 0 saturated carbocycles. The molecule has 0 aliphatic carbocycles. The van der Waals surface area contributed by atoms with Gasteiger partial charge < -0.3 is 9.47 Å². The molecule has 0 bridgehead atoms. The standard InChI is InChI=1S/C15H13BrN2O4S/c16-12-2-4-13(5-3-12)23(19,20)18-17-10-11-1-6-14-15(9-11)22-8-7-21-14/h1-6,9-10,18H,7-8H2/b17-10+. The number of halogens is 1. The lowest BCUT2D eigenvalue weighted by molar-refractivity contribution is 0.171. The summed E-state index contributed by atoms with van der Waals surface area (Å²) in [4.78, 5) is 2.32. The van der Waals surface area contributed by atoms with Crippen LogP contribution in [-0.2, 0) is 10.0 Å². The van der Waals surface area contributed by atoms with Crippen LogP contribution in [0.4, 0.5) is 0 Å². The Hall–Kier alpha value is -2.06. The van der Waals surface area contributed by atoms with Gasteiger partial charge in [0, 0.05) is 4.47 Å². The second-order valence-corrected chi connectivity index (χ2v) is 7.29. The summed E-state index contributed by atoms with van der Waals surface area (Å²) in [6, 6.07) is 11.6. The van der Waals surface area contributed by atoms with Crippen molar-refractivity contribution >= 4 is 32.2 Å². The summed E-state index contributed by atoms with van der Waals surface area (Å²) in [7, 11) is -3.69. The van der Waals surface area contributed by atoms with Crippen LogP contribution in [0.5, 0.6) is 11.5 Å². The van der Waals surface area contributed by atoms with E-state index in [0.29, 0.717) is 30.3 Å². The van der Waals surface area contributed by atoms with Crippen LogP contribution in [0.1, 0.15) is 5.56 Å². The monoisotopic (exact) mass is 396 g/mol. The number of nitrogens with zero attached hydrogens (tertiary/aromatic N) is 1. The van der Waals surface area contributed by atoms with Crippen LogP contribution in [-0.4, -0.2) is 27.8 Å². The SMILES string of the molecule is O=S(=O)(N/N=C/c1ccc2c(c1)OCCO2)c1ccc(Br)cc1. The van der Waals surface area contributed by atoms with Crippen molar-refractivity contribution in [2.75, 3.05) is 13.2 Å². The van der Waals surface area contributed by atoms with E-state index < -0.39 is 10.0 Å². The Morgan fingerprint density at radius 1 is 1.04 bits per heavy atom. The molecule has 1 aliphatic rings. The lowest BCUT2D eigenvalue weighted by Gasteiger charge is -2.18. The first-order valence-electron chi connectivity index (χ1n) is 6.75. The molecule has 0 unspecified atom stereocenters. The van der Waals surface area contributed by atoms with Gasteiger partial charge in [0.15, 0.2) is 11.5 Å². The number of fused-ring (bicyclic) bond motifs is 1. The summed E-state index contributed by atoms with van der Waals surface area (Å²) in [5, 5.41) is 3.79. The molecule has 3 rings (SSSR count). The maximum atomic E-state index is 12.1. The summed E-state index contributed by atoms with van der Waals surface area (Å²) >= 11 is 3.26. The van der Waals surface area contributed by atoms with Crippen LogP contribution in [0, 0.1) is 0 Å². The Labute approximate surface area is 142 Å². The van der Waals surface area contributed by atoms with Gasteiger partial charge in [0.05, 0.1) is 11.1 Å².